The summed E-state index contributed by atoms with van der Waals surface area (Å²) in [5, 5.41) is 12.5. The molecule has 4 rings (SSSR count). The van der Waals surface area contributed by atoms with Crippen LogP contribution in [0.15, 0.2) is 48.7 Å². The quantitative estimate of drug-likeness (QED) is 0.463. The van der Waals surface area contributed by atoms with Gasteiger partial charge in [0, 0.05) is 27.3 Å². The van der Waals surface area contributed by atoms with Crippen molar-refractivity contribution in [1.29, 1.82) is 0 Å². The number of imidazole rings is 1. The molecule has 2 heterocycles. The maximum atomic E-state index is 15.1. The van der Waals surface area contributed by atoms with E-state index in [0.717, 1.165) is 12.1 Å². The molecule has 0 saturated carbocycles. The highest BCUT2D eigenvalue weighted by molar-refractivity contribution is 5.95. The van der Waals surface area contributed by atoms with E-state index in [4.69, 9.17) is 9.85 Å². The van der Waals surface area contributed by atoms with E-state index in [1.807, 2.05) is 0 Å². The standard InChI is InChI=1S/C22H19F2N5O2/c1-11-10-26-21(25)19-18(27-12(2)29(11)19)16-7-6-15(9-17(16)24)28-22(31)20(30)13-4-3-5-14(23)8-13/h3-10,20,30H,1-2H3,(H2,25,26)(H,28,31)/t20-/m1/s1/i2D3. The Bertz CT molecular complexity index is 1420. The van der Waals surface area contributed by atoms with Crippen LogP contribution in [0.1, 0.15) is 27.3 Å². The van der Waals surface area contributed by atoms with Crippen LogP contribution >= 0.6 is 0 Å². The van der Waals surface area contributed by atoms with Crippen LogP contribution in [0.4, 0.5) is 20.3 Å². The van der Waals surface area contributed by atoms with Gasteiger partial charge in [-0.2, -0.15) is 0 Å². The van der Waals surface area contributed by atoms with Gasteiger partial charge in [0.2, 0.25) is 0 Å². The van der Waals surface area contributed by atoms with Gasteiger partial charge < -0.3 is 16.2 Å². The summed E-state index contributed by atoms with van der Waals surface area (Å²) < 4.78 is 53.2. The van der Waals surface area contributed by atoms with Crippen LogP contribution in [-0.2, 0) is 4.79 Å². The normalized spacial score (nSPS) is 14.0. The van der Waals surface area contributed by atoms with Crippen LogP contribution < -0.4 is 11.1 Å². The van der Waals surface area contributed by atoms with Crippen LogP contribution in [0.5, 0.6) is 0 Å². The lowest BCUT2D eigenvalue weighted by atomic mass is 10.1. The molecule has 9 heteroatoms. The molecule has 31 heavy (non-hydrogen) atoms. The zero-order valence-electron chi connectivity index (χ0n) is 19.2. The van der Waals surface area contributed by atoms with Gasteiger partial charge in [0.05, 0.1) is 0 Å². The first kappa shape index (κ1) is 16.9. The fourth-order valence-electron chi connectivity index (χ4n) is 3.29. The predicted octanol–water partition coefficient (Wildman–Crippen LogP) is 3.55. The number of hydrogen-bond donors (Lipinski definition) is 3. The Kier molecular flexibility index (Phi) is 4.23. The number of aromatic nitrogens is 3. The van der Waals surface area contributed by atoms with Gasteiger partial charge in [0.25, 0.3) is 5.91 Å². The van der Waals surface area contributed by atoms with Crippen molar-refractivity contribution in [3.63, 3.8) is 0 Å². The van der Waals surface area contributed by atoms with Crippen LogP contribution in [0.25, 0.3) is 16.8 Å². The second-order valence-electron chi connectivity index (χ2n) is 6.89. The van der Waals surface area contributed by atoms with Crippen molar-refractivity contribution in [2.45, 2.75) is 19.9 Å². The summed E-state index contributed by atoms with van der Waals surface area (Å²) in [6.07, 6.45) is -0.284. The summed E-state index contributed by atoms with van der Waals surface area (Å²) in [5.74, 6) is -2.65. The number of aliphatic hydroxyl groups excluding tert-OH is 1. The Balaban J connectivity index is 1.71. The Labute approximate surface area is 180 Å². The molecule has 4 aromatic rings. The van der Waals surface area contributed by atoms with E-state index < -0.39 is 30.5 Å². The molecular formula is C22H19F2N5O2. The summed E-state index contributed by atoms with van der Waals surface area (Å²) in [7, 11) is 0. The third kappa shape index (κ3) is 3.71. The number of nitrogens with one attached hydrogen (secondary N) is 1. The Morgan fingerprint density at radius 1 is 1.29 bits per heavy atom. The maximum absolute atomic E-state index is 15.1. The molecule has 0 aliphatic rings. The number of carbonyl (C=O) groups excluding carboxylic acids is 1. The predicted molar refractivity (Wildman–Crippen MR) is 112 cm³/mol. The molecule has 1 amide bonds. The summed E-state index contributed by atoms with van der Waals surface area (Å²) in [5.41, 5.74) is 6.54. The fraction of sp³-hybridized carbons (Fsp3) is 0.136. The van der Waals surface area contributed by atoms with Crippen molar-refractivity contribution < 1.29 is 22.8 Å². The maximum Gasteiger partial charge on any atom is 0.257 e. The second-order valence-corrected chi connectivity index (χ2v) is 6.89. The van der Waals surface area contributed by atoms with E-state index in [9.17, 15) is 14.3 Å². The van der Waals surface area contributed by atoms with Crippen molar-refractivity contribution >= 4 is 22.9 Å². The summed E-state index contributed by atoms with van der Waals surface area (Å²) in [6.45, 7) is -0.976. The SMILES string of the molecule is [2H]C([2H])([2H])c1nc(-c2ccc(NC(=O)[C@H](O)c3cccc(F)c3)cc2F)c2c(N)ncc(C)n12. The molecule has 0 fully saturated rings. The number of nitrogens with two attached hydrogens (primary N) is 1. The van der Waals surface area contributed by atoms with Crippen molar-refractivity contribution in [2.24, 2.45) is 0 Å². The lowest BCUT2D eigenvalue weighted by Gasteiger charge is -2.12. The minimum absolute atomic E-state index is 0.0172. The highest BCUT2D eigenvalue weighted by atomic mass is 19.1. The molecule has 0 spiro atoms. The summed E-state index contributed by atoms with van der Waals surface area (Å²) in [4.78, 5) is 20.5. The minimum Gasteiger partial charge on any atom is -0.382 e. The number of benzene rings is 2. The van der Waals surface area contributed by atoms with Gasteiger partial charge in [-0.05, 0) is 49.7 Å². The Morgan fingerprint density at radius 2 is 2.10 bits per heavy atom. The van der Waals surface area contributed by atoms with Gasteiger partial charge in [-0.25, -0.2) is 18.7 Å². The van der Waals surface area contributed by atoms with E-state index >= 15 is 4.39 Å². The average molecular weight is 426 g/mol. The number of fused-ring (bicyclic) bond motifs is 1. The molecule has 2 aromatic carbocycles. The van der Waals surface area contributed by atoms with Gasteiger partial charge in [-0.15, -0.1) is 0 Å². The molecule has 0 saturated heterocycles. The number of anilines is 2. The zero-order chi connectivity index (χ0) is 24.8. The number of aryl methyl sites for hydroxylation is 2. The topological polar surface area (TPSA) is 106 Å². The molecule has 1 atom stereocenters. The smallest absolute Gasteiger partial charge is 0.257 e. The largest absolute Gasteiger partial charge is 0.382 e. The first-order chi connectivity index (χ1) is 16.0. The van der Waals surface area contributed by atoms with Gasteiger partial charge in [-0.1, -0.05) is 12.1 Å². The lowest BCUT2D eigenvalue weighted by Crippen LogP contribution is -2.21. The van der Waals surface area contributed by atoms with E-state index in [1.54, 1.807) is 6.92 Å². The number of carbonyl (C=O) groups is 1. The molecule has 0 unspecified atom stereocenters. The van der Waals surface area contributed by atoms with Crippen molar-refractivity contribution in [2.75, 3.05) is 11.1 Å². The number of rotatable bonds is 4. The second kappa shape index (κ2) is 7.77. The number of nitrogens with zero attached hydrogens (tertiary/aromatic N) is 3. The number of amides is 1. The third-order valence-electron chi connectivity index (χ3n) is 4.77. The first-order valence-corrected chi connectivity index (χ1v) is 9.15. The number of hydrogen-bond acceptors (Lipinski definition) is 5. The van der Waals surface area contributed by atoms with Crippen LogP contribution in [0.3, 0.4) is 0 Å². The molecular weight excluding hydrogens is 404 g/mol. The van der Waals surface area contributed by atoms with Gasteiger partial charge in [0.15, 0.2) is 6.10 Å². The molecule has 7 nitrogen and oxygen atoms in total. The van der Waals surface area contributed by atoms with Crippen LogP contribution in [-0.4, -0.2) is 25.4 Å². The van der Waals surface area contributed by atoms with Crippen LogP contribution in [0.2, 0.25) is 0 Å². The molecule has 4 N–H and O–H groups in total. The van der Waals surface area contributed by atoms with E-state index in [0.29, 0.717) is 5.69 Å². The highest BCUT2D eigenvalue weighted by Crippen LogP contribution is 2.32. The molecule has 2 aromatic heterocycles. The van der Waals surface area contributed by atoms with Crippen molar-refractivity contribution in [3.8, 4) is 11.3 Å². The fourth-order valence-corrected chi connectivity index (χ4v) is 3.29. The van der Waals surface area contributed by atoms with Gasteiger partial charge in [0.1, 0.15) is 34.5 Å². The average Bonchev–Trinajstić information content (AvgIpc) is 3.18. The number of aliphatic hydroxyl groups is 1. The molecule has 158 valence electrons. The molecule has 0 radical (unpaired) electrons. The van der Waals surface area contributed by atoms with Gasteiger partial charge >= 0.3 is 0 Å². The lowest BCUT2D eigenvalue weighted by molar-refractivity contribution is -0.124. The third-order valence-corrected chi connectivity index (χ3v) is 4.77. The minimum atomic E-state index is -2.60. The van der Waals surface area contributed by atoms with E-state index in [-0.39, 0.29) is 39.7 Å². The Morgan fingerprint density at radius 3 is 2.81 bits per heavy atom. The highest BCUT2D eigenvalue weighted by Gasteiger charge is 2.21. The molecule has 0 aliphatic carbocycles. The Hall–Kier alpha value is -3.85. The zero-order valence-corrected chi connectivity index (χ0v) is 16.2. The van der Waals surface area contributed by atoms with E-state index in [1.165, 1.54) is 40.9 Å². The molecule has 0 bridgehead atoms. The summed E-state index contributed by atoms with van der Waals surface area (Å²) in [6, 6.07) is 8.56. The molecule has 0 aliphatic heterocycles. The first-order valence-electron chi connectivity index (χ1n) is 10.7. The monoisotopic (exact) mass is 426 g/mol. The van der Waals surface area contributed by atoms with Crippen molar-refractivity contribution in [3.05, 3.63) is 77.4 Å². The number of halogens is 2. The van der Waals surface area contributed by atoms with Crippen LogP contribution in [0, 0.1) is 25.4 Å². The number of nitrogen functional groups attached to an aromatic ring is 1. The van der Waals surface area contributed by atoms with Gasteiger partial charge in [-0.3, -0.25) is 9.20 Å². The van der Waals surface area contributed by atoms with E-state index in [2.05, 4.69) is 15.3 Å². The summed E-state index contributed by atoms with van der Waals surface area (Å²) >= 11 is 0. The van der Waals surface area contributed by atoms with Crippen molar-refractivity contribution in [1.82, 2.24) is 14.4 Å².